The van der Waals surface area contributed by atoms with E-state index >= 15 is 0 Å². The number of carbonyl (C=O) groups excluding carboxylic acids is 1. The number of aliphatic carboxylic acids is 1. The topological polar surface area (TPSA) is 135 Å². The third-order valence-corrected chi connectivity index (χ3v) is 6.21. The minimum atomic E-state index is -1.01. The number of benzene rings is 2. The molecule has 1 saturated heterocycles. The van der Waals surface area contributed by atoms with Crippen LogP contribution in [0.3, 0.4) is 0 Å². The van der Waals surface area contributed by atoms with Gasteiger partial charge in [-0.05, 0) is 59.4 Å². The van der Waals surface area contributed by atoms with Crippen molar-refractivity contribution in [2.75, 3.05) is 18.9 Å². The lowest BCUT2D eigenvalue weighted by molar-refractivity contribution is -0.139. The smallest absolute Gasteiger partial charge is 0.341 e. The first-order valence-electron chi connectivity index (χ1n) is 10.9. The Balaban J connectivity index is 1.55. The van der Waals surface area contributed by atoms with E-state index in [1.165, 1.54) is 12.1 Å². The largest absolute Gasteiger partial charge is 0.480 e. The Morgan fingerprint density at radius 3 is 2.71 bits per heavy atom. The molecule has 2 heterocycles. The van der Waals surface area contributed by atoms with Crippen LogP contribution in [0, 0.1) is 5.82 Å². The van der Waals surface area contributed by atoms with Gasteiger partial charge in [-0.2, -0.15) is 0 Å². The molecule has 5 N–H and O–H groups in total. The molecule has 8 nitrogen and oxygen atoms in total. The number of aromatic nitrogens is 1. The summed E-state index contributed by atoms with van der Waals surface area (Å²) in [5.41, 5.74) is 7.85. The summed E-state index contributed by atoms with van der Waals surface area (Å²) in [7, 11) is 0. The predicted molar refractivity (Wildman–Crippen MR) is 128 cm³/mol. The summed E-state index contributed by atoms with van der Waals surface area (Å²) in [6.45, 7) is -0.0284. The number of anilines is 1. The van der Waals surface area contributed by atoms with Crippen molar-refractivity contribution < 1.29 is 28.9 Å². The molecule has 0 spiro atoms. The summed E-state index contributed by atoms with van der Waals surface area (Å²) in [6.07, 6.45) is 0.979. The number of halogens is 2. The third kappa shape index (κ3) is 5.43. The molecule has 0 aliphatic carbocycles. The van der Waals surface area contributed by atoms with E-state index in [2.05, 4.69) is 10.3 Å². The van der Waals surface area contributed by atoms with Crippen molar-refractivity contribution in [3.8, 4) is 11.1 Å². The number of aliphatic hydroxyl groups is 1. The van der Waals surface area contributed by atoms with Gasteiger partial charge in [0.2, 0.25) is 0 Å². The molecule has 1 aromatic heterocycles. The molecule has 4 rings (SSSR count). The third-order valence-electron chi connectivity index (χ3n) is 5.98. The minimum absolute atomic E-state index is 0.0797. The highest BCUT2D eigenvalue weighted by Crippen LogP contribution is 2.32. The second-order valence-corrected chi connectivity index (χ2v) is 8.70. The van der Waals surface area contributed by atoms with E-state index < -0.39 is 36.5 Å². The van der Waals surface area contributed by atoms with Crippen molar-refractivity contribution in [2.24, 2.45) is 0 Å². The zero-order chi connectivity index (χ0) is 25.1. The van der Waals surface area contributed by atoms with Gasteiger partial charge in [0, 0.05) is 23.3 Å². The van der Waals surface area contributed by atoms with E-state index in [9.17, 15) is 24.2 Å². The second kappa shape index (κ2) is 10.4. The number of pyridine rings is 1. The van der Waals surface area contributed by atoms with Gasteiger partial charge < -0.3 is 26.0 Å². The van der Waals surface area contributed by atoms with Gasteiger partial charge in [-0.25, -0.2) is 14.2 Å². The highest BCUT2D eigenvalue weighted by Gasteiger charge is 2.30. The first-order valence-corrected chi connectivity index (χ1v) is 11.2. The van der Waals surface area contributed by atoms with Gasteiger partial charge in [0.15, 0.2) is 6.10 Å². The minimum Gasteiger partial charge on any atom is -0.480 e. The number of hydrogen-bond donors (Lipinski definition) is 4. The van der Waals surface area contributed by atoms with Crippen LogP contribution in [-0.4, -0.2) is 46.3 Å². The number of carbonyl (C=O) groups is 2. The van der Waals surface area contributed by atoms with Gasteiger partial charge in [0.05, 0.1) is 12.2 Å². The summed E-state index contributed by atoms with van der Waals surface area (Å²) in [5.74, 6) is -2.59. The standard InChI is InChI=1S/C25H23ClFN3O5/c26-17-3-1-2-14(6-17)22(12-31)35-25(34)18-5-4-13(8-20(18)27)19-7-15(11-30-23(19)28)16-9-21(24(32)33)29-10-16/h1-8,11,16,21-22,29,31H,9-10,12H2,(H2,28,30)(H,32,33)/t16-,21-,22+/m0/s1. The van der Waals surface area contributed by atoms with Gasteiger partial charge in [0.25, 0.3) is 0 Å². The molecule has 10 heteroatoms. The summed E-state index contributed by atoms with van der Waals surface area (Å²) in [4.78, 5) is 28.1. The van der Waals surface area contributed by atoms with Gasteiger partial charge in [-0.3, -0.25) is 4.79 Å². The molecule has 0 unspecified atom stereocenters. The van der Waals surface area contributed by atoms with Gasteiger partial charge in [-0.1, -0.05) is 29.8 Å². The molecule has 0 radical (unpaired) electrons. The SMILES string of the molecule is Nc1ncc([C@@H]2CN[C@H](C(=O)O)C2)cc1-c1ccc(C(=O)O[C@H](CO)c2cccc(Cl)c2)c(F)c1. The number of nitrogens with two attached hydrogens (primary N) is 1. The number of hydrogen-bond acceptors (Lipinski definition) is 7. The number of aliphatic hydroxyl groups excluding tert-OH is 1. The Bertz CT molecular complexity index is 1270. The number of ether oxygens (including phenoxy) is 1. The maximum atomic E-state index is 15.0. The van der Waals surface area contributed by atoms with E-state index in [-0.39, 0.29) is 17.3 Å². The highest BCUT2D eigenvalue weighted by molar-refractivity contribution is 6.30. The highest BCUT2D eigenvalue weighted by atomic mass is 35.5. The van der Waals surface area contributed by atoms with Crippen LogP contribution in [-0.2, 0) is 9.53 Å². The van der Waals surface area contributed by atoms with E-state index in [4.69, 9.17) is 22.1 Å². The van der Waals surface area contributed by atoms with Crippen molar-refractivity contribution in [1.82, 2.24) is 10.3 Å². The van der Waals surface area contributed by atoms with E-state index in [0.717, 1.165) is 11.6 Å². The molecule has 182 valence electrons. The molecular formula is C25H23ClFN3O5. The number of carboxylic acids is 1. The zero-order valence-electron chi connectivity index (χ0n) is 18.4. The lowest BCUT2D eigenvalue weighted by Crippen LogP contribution is -2.29. The van der Waals surface area contributed by atoms with Gasteiger partial charge >= 0.3 is 11.9 Å². The fourth-order valence-electron chi connectivity index (χ4n) is 4.08. The van der Waals surface area contributed by atoms with E-state index in [1.807, 2.05) is 0 Å². The van der Waals surface area contributed by atoms with Crippen molar-refractivity contribution in [3.05, 3.63) is 82.3 Å². The predicted octanol–water partition coefficient (Wildman–Crippen LogP) is 3.54. The molecule has 3 atom stereocenters. The average Bonchev–Trinajstić information content (AvgIpc) is 3.33. The Morgan fingerprint density at radius 1 is 1.26 bits per heavy atom. The number of rotatable bonds is 7. The number of nitrogens with one attached hydrogen (secondary N) is 1. The molecule has 1 aliphatic rings. The second-order valence-electron chi connectivity index (χ2n) is 8.26. The number of nitrogens with zero attached hydrogens (tertiary/aromatic N) is 1. The van der Waals surface area contributed by atoms with Crippen molar-refractivity contribution >= 4 is 29.4 Å². The van der Waals surface area contributed by atoms with Crippen molar-refractivity contribution in [1.29, 1.82) is 0 Å². The Kier molecular flexibility index (Phi) is 7.30. The Morgan fingerprint density at radius 2 is 2.06 bits per heavy atom. The molecule has 0 saturated carbocycles. The lowest BCUT2D eigenvalue weighted by Gasteiger charge is -2.17. The normalized spacial score (nSPS) is 18.3. The number of carboxylic acid groups (broad SMARTS) is 1. The summed E-state index contributed by atoms with van der Waals surface area (Å²) < 4.78 is 20.3. The molecular weight excluding hydrogens is 477 g/mol. The fraction of sp³-hybridized carbons (Fsp3) is 0.240. The van der Waals surface area contributed by atoms with Crippen LogP contribution in [0.15, 0.2) is 54.7 Å². The van der Waals surface area contributed by atoms with Gasteiger partial charge in [0.1, 0.15) is 17.7 Å². The zero-order valence-corrected chi connectivity index (χ0v) is 19.2. The van der Waals surface area contributed by atoms with Crippen molar-refractivity contribution in [3.63, 3.8) is 0 Å². The van der Waals surface area contributed by atoms with Gasteiger partial charge in [-0.15, -0.1) is 0 Å². The molecule has 1 fully saturated rings. The van der Waals surface area contributed by atoms with E-state index in [0.29, 0.717) is 34.7 Å². The van der Waals surface area contributed by atoms with Crippen LogP contribution < -0.4 is 11.1 Å². The molecule has 35 heavy (non-hydrogen) atoms. The molecule has 0 bridgehead atoms. The van der Waals surface area contributed by atoms with Crippen LogP contribution in [0.5, 0.6) is 0 Å². The number of esters is 1. The van der Waals surface area contributed by atoms with Crippen LogP contribution in [0.4, 0.5) is 10.2 Å². The van der Waals surface area contributed by atoms with E-state index in [1.54, 1.807) is 36.5 Å². The molecule has 3 aromatic rings. The maximum absolute atomic E-state index is 15.0. The van der Waals surface area contributed by atoms with Crippen LogP contribution in [0.25, 0.3) is 11.1 Å². The van der Waals surface area contributed by atoms with Crippen LogP contribution >= 0.6 is 11.6 Å². The monoisotopic (exact) mass is 499 g/mol. The summed E-state index contributed by atoms with van der Waals surface area (Å²) in [6, 6.07) is 11.6. The first kappa shape index (κ1) is 24.6. The fourth-order valence-corrected chi connectivity index (χ4v) is 4.28. The quantitative estimate of drug-likeness (QED) is 0.362. The van der Waals surface area contributed by atoms with Crippen LogP contribution in [0.2, 0.25) is 5.02 Å². The number of nitrogen functional groups attached to an aromatic ring is 1. The summed E-state index contributed by atoms with van der Waals surface area (Å²) in [5, 5.41) is 22.2. The Labute approximate surface area is 205 Å². The first-order chi connectivity index (χ1) is 16.8. The van der Waals surface area contributed by atoms with Crippen molar-refractivity contribution in [2.45, 2.75) is 24.5 Å². The Hall–Kier alpha value is -3.53. The lowest BCUT2D eigenvalue weighted by atomic mass is 9.94. The molecule has 0 amide bonds. The average molecular weight is 500 g/mol. The van der Waals surface area contributed by atoms with Crippen LogP contribution in [0.1, 0.15) is 39.9 Å². The summed E-state index contributed by atoms with van der Waals surface area (Å²) >= 11 is 5.96. The molecule has 1 aliphatic heterocycles. The maximum Gasteiger partial charge on any atom is 0.341 e. The molecule has 2 aromatic carbocycles.